The van der Waals surface area contributed by atoms with Crippen molar-refractivity contribution in [2.24, 2.45) is 0 Å². The molecule has 0 N–H and O–H groups in total. The van der Waals surface area contributed by atoms with E-state index in [1.807, 2.05) is 0 Å². The van der Waals surface area contributed by atoms with E-state index in [1.165, 1.54) is 11.9 Å². The summed E-state index contributed by atoms with van der Waals surface area (Å²) in [5.74, 6) is -0.686. The molecule has 5 nitrogen and oxygen atoms in total. The second-order valence-corrected chi connectivity index (χ2v) is 4.65. The van der Waals surface area contributed by atoms with Crippen LogP contribution in [0.4, 0.5) is 0 Å². The fourth-order valence-corrected chi connectivity index (χ4v) is 1.39. The average Bonchev–Trinajstić information content (AvgIpc) is 2.00. The zero-order chi connectivity index (χ0) is 11.4. The van der Waals surface area contributed by atoms with Crippen molar-refractivity contribution in [2.75, 3.05) is 19.3 Å². The first-order valence-corrected chi connectivity index (χ1v) is 5.66. The molecule has 0 aliphatic carbocycles. The van der Waals surface area contributed by atoms with Gasteiger partial charge in [-0.1, -0.05) is 6.58 Å². The zero-order valence-electron chi connectivity index (χ0n) is 9.32. The molecule has 0 aliphatic rings. The fourth-order valence-electron chi connectivity index (χ4n) is 0.906. The molecule has 0 fully saturated rings. The van der Waals surface area contributed by atoms with Crippen LogP contribution in [0.2, 0.25) is 0 Å². The summed E-state index contributed by atoms with van der Waals surface area (Å²) in [6.07, 6.45) is 0.154. The van der Waals surface area contributed by atoms with Gasteiger partial charge in [0.2, 0.25) is 5.91 Å². The Morgan fingerprint density at radius 1 is 1.47 bits per heavy atom. The minimum Gasteiger partial charge on any atom is -0.748 e. The molecule has 0 radical (unpaired) electrons. The number of nitrogens with zero attached hydrogens (tertiary/aromatic N) is 1. The number of carbonyl (C=O) groups is 1. The predicted molar refractivity (Wildman–Crippen MR) is 51.6 cm³/mol. The van der Waals surface area contributed by atoms with Crippen molar-refractivity contribution in [1.82, 2.24) is 4.90 Å². The van der Waals surface area contributed by atoms with Crippen LogP contribution in [0.1, 0.15) is 13.3 Å². The monoisotopic (exact) mass is 353 g/mol. The van der Waals surface area contributed by atoms with E-state index in [-0.39, 0.29) is 87.8 Å². The standard InChI is InChI=1S/C8H15NO4S.Cs/c1-7(2)8(10)9(3)5-4-6-14(11,12)13;/h1,4-6H2,2-3H3,(H,11,12,13);/q;+1/p-1. The van der Waals surface area contributed by atoms with Gasteiger partial charge in [-0.15, -0.1) is 0 Å². The van der Waals surface area contributed by atoms with Crippen molar-refractivity contribution in [2.45, 2.75) is 13.3 Å². The van der Waals surface area contributed by atoms with Crippen LogP contribution in [-0.2, 0) is 14.9 Å². The molecule has 7 heteroatoms. The Bertz CT molecular complexity index is 326. The molecule has 0 spiro atoms. The molecule has 15 heavy (non-hydrogen) atoms. The predicted octanol–water partition coefficient (Wildman–Crippen LogP) is -3.04. The first kappa shape index (κ1) is 18.5. The third-order valence-electron chi connectivity index (χ3n) is 1.60. The molecule has 82 valence electrons. The van der Waals surface area contributed by atoms with Gasteiger partial charge in [-0.25, -0.2) is 8.42 Å². The van der Waals surface area contributed by atoms with Crippen LogP contribution in [0.3, 0.4) is 0 Å². The van der Waals surface area contributed by atoms with Gasteiger partial charge >= 0.3 is 68.9 Å². The number of amides is 1. The van der Waals surface area contributed by atoms with Gasteiger partial charge in [0.05, 0.1) is 10.1 Å². The van der Waals surface area contributed by atoms with Crippen molar-refractivity contribution >= 4 is 16.0 Å². The molecule has 1 amide bonds. The summed E-state index contributed by atoms with van der Waals surface area (Å²) in [5.41, 5.74) is 0.387. The van der Waals surface area contributed by atoms with Crippen LogP contribution < -0.4 is 68.9 Å². The maximum Gasteiger partial charge on any atom is 1.00 e. The zero-order valence-corrected chi connectivity index (χ0v) is 16.4. The Hall–Kier alpha value is 1.17. The van der Waals surface area contributed by atoms with E-state index >= 15 is 0 Å². The molecule has 0 aromatic carbocycles. The third kappa shape index (κ3) is 10.1. The molecule has 0 atom stereocenters. The Kier molecular flexibility index (Phi) is 10.2. The molecule has 0 aromatic rings. The van der Waals surface area contributed by atoms with E-state index in [9.17, 15) is 17.8 Å². The first-order valence-electron chi connectivity index (χ1n) is 4.08. The van der Waals surface area contributed by atoms with Gasteiger partial charge in [0.15, 0.2) is 0 Å². The smallest absolute Gasteiger partial charge is 0.748 e. The summed E-state index contributed by atoms with van der Waals surface area (Å²) in [4.78, 5) is 12.5. The van der Waals surface area contributed by atoms with Gasteiger partial charge in [0.25, 0.3) is 0 Å². The molecule has 0 aromatic heterocycles. The Morgan fingerprint density at radius 3 is 2.27 bits per heavy atom. The van der Waals surface area contributed by atoms with Gasteiger partial charge in [-0.05, 0) is 13.3 Å². The number of carbonyl (C=O) groups excluding carboxylic acids is 1. The van der Waals surface area contributed by atoms with Crippen LogP contribution in [0.5, 0.6) is 0 Å². The van der Waals surface area contributed by atoms with Crippen LogP contribution in [0, 0.1) is 0 Å². The van der Waals surface area contributed by atoms with E-state index in [1.54, 1.807) is 6.92 Å². The fraction of sp³-hybridized carbons (Fsp3) is 0.625. The summed E-state index contributed by atoms with van der Waals surface area (Å²) in [5, 5.41) is 0. The summed E-state index contributed by atoms with van der Waals surface area (Å²) >= 11 is 0. The van der Waals surface area contributed by atoms with Crippen molar-refractivity contribution in [3.63, 3.8) is 0 Å². The molecule has 0 saturated carbocycles. The summed E-state index contributed by atoms with van der Waals surface area (Å²) in [6, 6.07) is 0. The topological polar surface area (TPSA) is 77.5 Å². The summed E-state index contributed by atoms with van der Waals surface area (Å²) in [7, 11) is -2.64. The second-order valence-electron chi connectivity index (χ2n) is 3.12. The quantitative estimate of drug-likeness (QED) is 0.389. The van der Waals surface area contributed by atoms with Gasteiger partial charge in [-0.2, -0.15) is 0 Å². The second kappa shape index (κ2) is 8.29. The van der Waals surface area contributed by atoms with Gasteiger partial charge in [0, 0.05) is 24.9 Å². The summed E-state index contributed by atoms with van der Waals surface area (Å²) in [6.45, 7) is 5.28. The van der Waals surface area contributed by atoms with Crippen molar-refractivity contribution in [3.8, 4) is 0 Å². The molecule has 0 heterocycles. The molecule has 0 unspecified atom stereocenters. The largest absolute Gasteiger partial charge is 1.00 e. The van der Waals surface area contributed by atoms with E-state index < -0.39 is 15.9 Å². The van der Waals surface area contributed by atoms with Crippen LogP contribution >= 0.6 is 0 Å². The molecule has 0 bridgehead atoms. The number of hydrogen-bond donors (Lipinski definition) is 0. The maximum atomic E-state index is 11.2. The number of hydrogen-bond acceptors (Lipinski definition) is 4. The molecule has 0 rings (SSSR count). The van der Waals surface area contributed by atoms with Crippen molar-refractivity contribution < 1.29 is 86.7 Å². The van der Waals surface area contributed by atoms with Gasteiger partial charge in [-0.3, -0.25) is 4.79 Å². The normalized spacial score (nSPS) is 10.3. The van der Waals surface area contributed by atoms with Crippen molar-refractivity contribution in [3.05, 3.63) is 12.2 Å². The minimum absolute atomic E-state index is 0. The van der Waals surface area contributed by atoms with Gasteiger partial charge < -0.3 is 9.45 Å². The minimum atomic E-state index is -4.18. The van der Waals surface area contributed by atoms with Gasteiger partial charge in [0.1, 0.15) is 0 Å². The maximum absolute atomic E-state index is 11.2. The number of likely N-dealkylation sites (N-methyl/N-ethyl adjacent to an activating group) is 1. The van der Waals surface area contributed by atoms with E-state index in [2.05, 4.69) is 6.58 Å². The molecular weight excluding hydrogens is 339 g/mol. The molecular formula is C8H14CsNO4S. The summed E-state index contributed by atoms with van der Waals surface area (Å²) < 4.78 is 30.7. The number of rotatable bonds is 5. The SMILES string of the molecule is C=C(C)C(=O)N(C)CCCS(=O)(=O)[O-].[Cs+]. The van der Waals surface area contributed by atoms with Crippen LogP contribution in [0.15, 0.2) is 12.2 Å². The van der Waals surface area contributed by atoms with Crippen LogP contribution in [-0.4, -0.2) is 43.1 Å². The Labute approximate surface area is 149 Å². The van der Waals surface area contributed by atoms with Crippen molar-refractivity contribution in [1.29, 1.82) is 0 Å². The Morgan fingerprint density at radius 2 is 1.93 bits per heavy atom. The Balaban J connectivity index is 0. The van der Waals surface area contributed by atoms with E-state index in [0.717, 1.165) is 0 Å². The van der Waals surface area contributed by atoms with E-state index in [0.29, 0.717) is 5.57 Å². The third-order valence-corrected chi connectivity index (χ3v) is 2.39. The van der Waals surface area contributed by atoms with E-state index in [4.69, 9.17) is 0 Å². The first-order chi connectivity index (χ1) is 6.24. The molecule has 0 saturated heterocycles. The van der Waals surface area contributed by atoms with Crippen LogP contribution in [0.25, 0.3) is 0 Å². The average molecular weight is 353 g/mol. The molecule has 0 aliphatic heterocycles.